The van der Waals surface area contributed by atoms with Gasteiger partial charge in [-0.2, -0.15) is 13.2 Å². The van der Waals surface area contributed by atoms with E-state index in [1.807, 2.05) is 0 Å². The molecule has 1 N–H and O–H groups in total. The maximum atomic E-state index is 13.2. The number of alkyl halides is 3. The number of hydrogen-bond donors (Lipinski definition) is 1. The number of fused-ring (bicyclic) bond motifs is 1. The predicted octanol–water partition coefficient (Wildman–Crippen LogP) is 6.93. The second-order valence-electron chi connectivity index (χ2n) is 8.27. The Balaban J connectivity index is 1.94. The van der Waals surface area contributed by atoms with Crippen molar-refractivity contribution in [2.75, 3.05) is 6.26 Å². The van der Waals surface area contributed by atoms with Crippen LogP contribution in [0.4, 0.5) is 13.2 Å². The number of allylic oxidation sites excluding steroid dienone is 1. The van der Waals surface area contributed by atoms with Crippen LogP contribution < -0.4 is 4.74 Å². The zero-order valence-corrected chi connectivity index (χ0v) is 20.0. The first kappa shape index (κ1) is 25.4. The second-order valence-corrected chi connectivity index (χ2v) is 9.11. The smallest absolute Gasteiger partial charge is 0.449 e. The van der Waals surface area contributed by atoms with Crippen molar-refractivity contribution in [3.63, 3.8) is 0 Å². The first-order valence-electron chi connectivity index (χ1n) is 10.2. The Bertz CT molecular complexity index is 1280. The first-order chi connectivity index (χ1) is 15.7. The van der Waals surface area contributed by atoms with E-state index >= 15 is 0 Å². The van der Waals surface area contributed by atoms with E-state index in [0.717, 1.165) is 6.07 Å². The van der Waals surface area contributed by atoms with E-state index in [4.69, 9.17) is 9.15 Å². The molecule has 1 heterocycles. The highest BCUT2D eigenvalue weighted by Gasteiger charge is 2.36. The molecule has 0 spiro atoms. The standard InChI is InChI=1S/C25H23F3O5S/c1-13-10-15(11-14(2)21(13)33-24(3,4)23(30)31)6-8-18(29)16-7-9-19(34-5)22-17(16)12-20(32-22)25(26,27)28/h6-12H,1-5H3,(H,30,31)/b8-6+. The van der Waals surface area contributed by atoms with Crippen molar-refractivity contribution < 1.29 is 37.0 Å². The van der Waals surface area contributed by atoms with Gasteiger partial charge in [-0.05, 0) is 87.0 Å². The van der Waals surface area contributed by atoms with Gasteiger partial charge in [0.05, 0.1) is 4.90 Å². The molecule has 1 aromatic heterocycles. The molecule has 0 atom stereocenters. The molecule has 180 valence electrons. The summed E-state index contributed by atoms with van der Waals surface area (Å²) < 4.78 is 50.2. The summed E-state index contributed by atoms with van der Waals surface area (Å²) in [5.74, 6) is -2.31. The normalized spacial score (nSPS) is 12.5. The lowest BCUT2D eigenvalue weighted by molar-refractivity contribution is -0.152. The van der Waals surface area contributed by atoms with Gasteiger partial charge in [-0.15, -0.1) is 11.8 Å². The number of halogens is 3. The van der Waals surface area contributed by atoms with Crippen LogP contribution in [0.1, 0.15) is 46.7 Å². The molecule has 0 radical (unpaired) electrons. The van der Waals surface area contributed by atoms with E-state index in [-0.39, 0.29) is 16.5 Å². The van der Waals surface area contributed by atoms with Crippen LogP contribution >= 0.6 is 11.8 Å². The SMILES string of the molecule is CSc1ccc(C(=O)/C=C/c2cc(C)c(OC(C)(C)C(=O)O)c(C)c2)c2cc(C(F)(F)F)oc12. The van der Waals surface area contributed by atoms with Gasteiger partial charge in [0.2, 0.25) is 5.76 Å². The summed E-state index contributed by atoms with van der Waals surface area (Å²) in [6.45, 7) is 6.41. The van der Waals surface area contributed by atoms with Crippen LogP contribution in [-0.2, 0) is 11.0 Å². The summed E-state index contributed by atoms with van der Waals surface area (Å²) in [6, 6.07) is 7.35. The number of aryl methyl sites for hydroxylation is 2. The zero-order valence-electron chi connectivity index (χ0n) is 19.2. The summed E-state index contributed by atoms with van der Waals surface area (Å²) in [4.78, 5) is 24.8. The third kappa shape index (κ3) is 5.14. The number of aliphatic carboxylic acids is 1. The quantitative estimate of drug-likeness (QED) is 0.219. The highest BCUT2D eigenvalue weighted by Crippen LogP contribution is 2.38. The summed E-state index contributed by atoms with van der Waals surface area (Å²) in [5, 5.41) is 9.40. The summed E-state index contributed by atoms with van der Waals surface area (Å²) in [5.41, 5.74) is 0.713. The van der Waals surface area contributed by atoms with Crippen LogP contribution in [0.3, 0.4) is 0 Å². The molecule has 0 fully saturated rings. The molecule has 0 saturated heterocycles. The highest BCUT2D eigenvalue weighted by atomic mass is 32.2. The van der Waals surface area contributed by atoms with E-state index in [1.54, 1.807) is 44.4 Å². The number of benzene rings is 2. The van der Waals surface area contributed by atoms with Crippen molar-refractivity contribution in [2.45, 2.75) is 44.4 Å². The third-order valence-corrected chi connectivity index (χ3v) is 5.96. The van der Waals surface area contributed by atoms with Gasteiger partial charge < -0.3 is 14.3 Å². The van der Waals surface area contributed by atoms with Crippen LogP contribution in [0.5, 0.6) is 5.75 Å². The molecule has 34 heavy (non-hydrogen) atoms. The summed E-state index contributed by atoms with van der Waals surface area (Å²) in [7, 11) is 0. The molecular formula is C25H23F3O5S. The number of carboxylic acids is 1. The van der Waals surface area contributed by atoms with Gasteiger partial charge >= 0.3 is 12.1 Å². The molecule has 0 unspecified atom stereocenters. The Morgan fingerprint density at radius 1 is 1.09 bits per heavy atom. The van der Waals surface area contributed by atoms with E-state index in [2.05, 4.69) is 0 Å². The molecule has 0 aliphatic heterocycles. The van der Waals surface area contributed by atoms with Gasteiger partial charge in [0.25, 0.3) is 0 Å². The second kappa shape index (κ2) is 9.21. The fraction of sp³-hybridized carbons (Fsp3) is 0.280. The molecule has 0 bridgehead atoms. The molecule has 0 aliphatic carbocycles. The number of carbonyl (C=O) groups excluding carboxylic acids is 1. The Morgan fingerprint density at radius 3 is 2.24 bits per heavy atom. The minimum Gasteiger partial charge on any atom is -0.478 e. The number of ether oxygens (including phenoxy) is 1. The number of carboxylic acid groups (broad SMARTS) is 1. The molecule has 9 heteroatoms. The van der Waals surface area contributed by atoms with Crippen LogP contribution in [0, 0.1) is 13.8 Å². The number of hydrogen-bond acceptors (Lipinski definition) is 5. The molecule has 0 amide bonds. The van der Waals surface area contributed by atoms with E-state index < -0.39 is 29.3 Å². The Morgan fingerprint density at radius 2 is 1.71 bits per heavy atom. The Kier molecular flexibility index (Phi) is 6.89. The van der Waals surface area contributed by atoms with Crippen LogP contribution in [0.15, 0.2) is 45.7 Å². The number of thioether (sulfide) groups is 1. The van der Waals surface area contributed by atoms with Gasteiger partial charge in [0.1, 0.15) is 11.3 Å². The molecule has 0 aliphatic rings. The van der Waals surface area contributed by atoms with Gasteiger partial charge in [-0.3, -0.25) is 4.79 Å². The monoisotopic (exact) mass is 492 g/mol. The Labute approximate surface area is 198 Å². The van der Waals surface area contributed by atoms with Crippen molar-refractivity contribution in [3.8, 4) is 5.75 Å². The largest absolute Gasteiger partial charge is 0.478 e. The van der Waals surface area contributed by atoms with Crippen molar-refractivity contribution in [3.05, 3.63) is 64.4 Å². The highest BCUT2D eigenvalue weighted by molar-refractivity contribution is 7.98. The maximum absolute atomic E-state index is 13.2. The molecule has 2 aromatic carbocycles. The Hall–Kier alpha value is -3.20. The molecule has 3 aromatic rings. The van der Waals surface area contributed by atoms with Crippen molar-refractivity contribution in [1.82, 2.24) is 0 Å². The van der Waals surface area contributed by atoms with Gasteiger partial charge in [-0.1, -0.05) is 6.08 Å². The maximum Gasteiger partial charge on any atom is 0.449 e. The van der Waals surface area contributed by atoms with Gasteiger partial charge in [0.15, 0.2) is 11.4 Å². The average molecular weight is 493 g/mol. The van der Waals surface area contributed by atoms with Crippen molar-refractivity contribution in [1.29, 1.82) is 0 Å². The molecule has 0 saturated carbocycles. The fourth-order valence-corrected chi connectivity index (χ4v) is 3.96. The van der Waals surface area contributed by atoms with E-state index in [9.17, 15) is 27.9 Å². The number of carbonyl (C=O) groups is 2. The van der Waals surface area contributed by atoms with E-state index in [1.165, 1.54) is 37.8 Å². The minimum atomic E-state index is -4.67. The molecule has 3 rings (SSSR count). The fourth-order valence-electron chi connectivity index (χ4n) is 3.42. The lowest BCUT2D eigenvalue weighted by atomic mass is 10.0. The third-order valence-electron chi connectivity index (χ3n) is 5.19. The predicted molar refractivity (Wildman–Crippen MR) is 125 cm³/mol. The minimum absolute atomic E-state index is 0.0216. The summed E-state index contributed by atoms with van der Waals surface area (Å²) >= 11 is 1.22. The van der Waals surface area contributed by atoms with E-state index in [0.29, 0.717) is 27.3 Å². The van der Waals surface area contributed by atoms with Crippen LogP contribution in [-0.4, -0.2) is 28.7 Å². The number of furan rings is 1. The lowest BCUT2D eigenvalue weighted by Gasteiger charge is -2.24. The number of ketones is 1. The van der Waals surface area contributed by atoms with Gasteiger partial charge in [-0.25, -0.2) is 4.79 Å². The van der Waals surface area contributed by atoms with Gasteiger partial charge in [0, 0.05) is 10.9 Å². The van der Waals surface area contributed by atoms with Crippen molar-refractivity contribution in [2.24, 2.45) is 0 Å². The summed E-state index contributed by atoms with van der Waals surface area (Å²) in [6.07, 6.45) is -0.127. The lowest BCUT2D eigenvalue weighted by Crippen LogP contribution is -2.38. The van der Waals surface area contributed by atoms with Crippen molar-refractivity contribution >= 4 is 40.6 Å². The molecule has 5 nitrogen and oxygen atoms in total. The van der Waals surface area contributed by atoms with Crippen LogP contribution in [0.2, 0.25) is 0 Å². The van der Waals surface area contributed by atoms with Crippen LogP contribution in [0.25, 0.3) is 17.0 Å². The number of rotatable bonds is 7. The zero-order chi connectivity index (χ0) is 25.4. The first-order valence-corrected chi connectivity index (χ1v) is 11.4. The average Bonchev–Trinajstić information content (AvgIpc) is 3.20. The molecular weight excluding hydrogens is 469 g/mol. The topological polar surface area (TPSA) is 76.7 Å².